The van der Waals surface area contributed by atoms with E-state index in [4.69, 9.17) is 5.73 Å². The SMILES string of the molecule is CCCN(CC)c1cc(N)nc(SC)n1. The molecule has 1 rings (SSSR count). The Kier molecular flexibility index (Phi) is 4.68. The maximum absolute atomic E-state index is 5.73. The fraction of sp³-hybridized carbons (Fsp3) is 0.600. The van der Waals surface area contributed by atoms with Crippen molar-refractivity contribution in [1.82, 2.24) is 9.97 Å². The Morgan fingerprint density at radius 2 is 2.13 bits per heavy atom. The van der Waals surface area contributed by atoms with Gasteiger partial charge >= 0.3 is 0 Å². The average molecular weight is 226 g/mol. The molecule has 0 aliphatic rings. The van der Waals surface area contributed by atoms with E-state index in [-0.39, 0.29) is 0 Å². The van der Waals surface area contributed by atoms with E-state index in [0.29, 0.717) is 5.82 Å². The summed E-state index contributed by atoms with van der Waals surface area (Å²) in [6.45, 7) is 6.22. The van der Waals surface area contributed by atoms with Crippen molar-refractivity contribution in [3.05, 3.63) is 6.07 Å². The summed E-state index contributed by atoms with van der Waals surface area (Å²) < 4.78 is 0. The lowest BCUT2D eigenvalue weighted by molar-refractivity contribution is 0.766. The Balaban J connectivity index is 2.95. The van der Waals surface area contributed by atoms with Crippen molar-refractivity contribution in [2.24, 2.45) is 0 Å². The summed E-state index contributed by atoms with van der Waals surface area (Å²) in [5, 5.41) is 0.736. The van der Waals surface area contributed by atoms with E-state index in [0.717, 1.165) is 30.5 Å². The van der Waals surface area contributed by atoms with Gasteiger partial charge < -0.3 is 10.6 Å². The number of nitrogens with two attached hydrogens (primary N) is 1. The zero-order valence-electron chi connectivity index (χ0n) is 9.53. The van der Waals surface area contributed by atoms with Crippen LogP contribution >= 0.6 is 11.8 Å². The second-order valence-electron chi connectivity index (χ2n) is 3.22. The van der Waals surface area contributed by atoms with Crippen LogP contribution in [0.2, 0.25) is 0 Å². The van der Waals surface area contributed by atoms with Gasteiger partial charge in [-0.15, -0.1) is 0 Å². The molecule has 4 nitrogen and oxygen atoms in total. The standard InChI is InChI=1S/C10H18N4S/c1-4-6-14(5-2)9-7-8(11)12-10(13-9)15-3/h7H,4-6H2,1-3H3,(H2,11,12,13). The Morgan fingerprint density at radius 1 is 1.40 bits per heavy atom. The minimum absolute atomic E-state index is 0.541. The lowest BCUT2D eigenvalue weighted by atomic mass is 10.4. The van der Waals surface area contributed by atoms with E-state index in [9.17, 15) is 0 Å². The van der Waals surface area contributed by atoms with Crippen molar-refractivity contribution < 1.29 is 0 Å². The predicted octanol–water partition coefficient (Wildman–Crippen LogP) is 2.02. The molecule has 1 aromatic rings. The maximum atomic E-state index is 5.73. The largest absolute Gasteiger partial charge is 0.383 e. The molecule has 0 saturated heterocycles. The van der Waals surface area contributed by atoms with Gasteiger partial charge in [0.25, 0.3) is 0 Å². The second kappa shape index (κ2) is 5.80. The molecule has 0 aromatic carbocycles. The van der Waals surface area contributed by atoms with Crippen molar-refractivity contribution in [2.75, 3.05) is 30.0 Å². The maximum Gasteiger partial charge on any atom is 0.191 e. The van der Waals surface area contributed by atoms with Crippen LogP contribution < -0.4 is 10.6 Å². The van der Waals surface area contributed by atoms with Crippen molar-refractivity contribution in [1.29, 1.82) is 0 Å². The third-order valence-corrected chi connectivity index (χ3v) is 2.64. The van der Waals surface area contributed by atoms with E-state index in [2.05, 4.69) is 28.7 Å². The summed E-state index contributed by atoms with van der Waals surface area (Å²) >= 11 is 1.51. The quantitative estimate of drug-likeness (QED) is 0.615. The molecule has 0 fully saturated rings. The molecule has 0 amide bonds. The van der Waals surface area contributed by atoms with Crippen LogP contribution in [-0.2, 0) is 0 Å². The summed E-state index contributed by atoms with van der Waals surface area (Å²) in [5.74, 6) is 1.47. The van der Waals surface area contributed by atoms with Crippen LogP contribution in [0.5, 0.6) is 0 Å². The molecule has 2 N–H and O–H groups in total. The number of thioether (sulfide) groups is 1. The molecular formula is C10H18N4S. The molecule has 1 heterocycles. The highest BCUT2D eigenvalue weighted by Crippen LogP contribution is 2.18. The first kappa shape index (κ1) is 12.1. The van der Waals surface area contributed by atoms with Crippen molar-refractivity contribution in [2.45, 2.75) is 25.4 Å². The third kappa shape index (κ3) is 3.27. The zero-order valence-corrected chi connectivity index (χ0v) is 10.3. The smallest absolute Gasteiger partial charge is 0.191 e. The molecule has 0 atom stereocenters. The van der Waals surface area contributed by atoms with Crippen LogP contribution in [-0.4, -0.2) is 29.3 Å². The monoisotopic (exact) mass is 226 g/mol. The highest BCUT2D eigenvalue weighted by atomic mass is 32.2. The van der Waals surface area contributed by atoms with Crippen LogP contribution in [0.3, 0.4) is 0 Å². The molecule has 0 radical (unpaired) electrons. The Labute approximate surface area is 95.3 Å². The van der Waals surface area contributed by atoms with Crippen LogP contribution in [0.15, 0.2) is 11.2 Å². The van der Waals surface area contributed by atoms with E-state index in [1.165, 1.54) is 11.8 Å². The molecule has 0 unspecified atom stereocenters. The molecule has 15 heavy (non-hydrogen) atoms. The fourth-order valence-corrected chi connectivity index (χ4v) is 1.77. The van der Waals surface area contributed by atoms with Crippen molar-refractivity contribution in [3.63, 3.8) is 0 Å². The van der Waals surface area contributed by atoms with E-state index in [1.807, 2.05) is 12.3 Å². The number of nitrogens with zero attached hydrogens (tertiary/aromatic N) is 3. The zero-order chi connectivity index (χ0) is 11.3. The van der Waals surface area contributed by atoms with Gasteiger partial charge in [0.1, 0.15) is 11.6 Å². The highest BCUT2D eigenvalue weighted by molar-refractivity contribution is 7.98. The van der Waals surface area contributed by atoms with Gasteiger partial charge in [-0.1, -0.05) is 18.7 Å². The molecule has 0 bridgehead atoms. The first-order valence-electron chi connectivity index (χ1n) is 5.14. The fourth-order valence-electron chi connectivity index (χ4n) is 1.39. The lowest BCUT2D eigenvalue weighted by Gasteiger charge is -2.21. The van der Waals surface area contributed by atoms with Crippen LogP contribution in [0.25, 0.3) is 0 Å². The van der Waals surface area contributed by atoms with Gasteiger partial charge in [0.05, 0.1) is 0 Å². The van der Waals surface area contributed by atoms with Crippen LogP contribution in [0.1, 0.15) is 20.3 Å². The number of nitrogen functional groups attached to an aromatic ring is 1. The first-order chi connectivity index (χ1) is 7.21. The Bertz CT molecular complexity index is 316. The van der Waals surface area contributed by atoms with E-state index in [1.54, 1.807) is 0 Å². The molecule has 0 aliphatic heterocycles. The van der Waals surface area contributed by atoms with Gasteiger partial charge in [0.2, 0.25) is 0 Å². The molecule has 0 saturated carbocycles. The predicted molar refractivity (Wildman–Crippen MR) is 66.4 cm³/mol. The van der Waals surface area contributed by atoms with Gasteiger partial charge in [-0.2, -0.15) is 0 Å². The summed E-state index contributed by atoms with van der Waals surface area (Å²) in [7, 11) is 0. The minimum Gasteiger partial charge on any atom is -0.383 e. The topological polar surface area (TPSA) is 55.0 Å². The summed E-state index contributed by atoms with van der Waals surface area (Å²) in [6.07, 6.45) is 3.06. The molecular weight excluding hydrogens is 208 g/mol. The van der Waals surface area contributed by atoms with Gasteiger partial charge in [0, 0.05) is 19.2 Å². The average Bonchev–Trinajstić information content (AvgIpc) is 2.24. The van der Waals surface area contributed by atoms with Crippen molar-refractivity contribution >= 4 is 23.4 Å². The minimum atomic E-state index is 0.541. The Morgan fingerprint density at radius 3 is 2.67 bits per heavy atom. The molecule has 84 valence electrons. The van der Waals surface area contributed by atoms with E-state index >= 15 is 0 Å². The number of rotatable bonds is 5. The first-order valence-corrected chi connectivity index (χ1v) is 6.37. The van der Waals surface area contributed by atoms with Crippen LogP contribution in [0, 0.1) is 0 Å². The van der Waals surface area contributed by atoms with Gasteiger partial charge in [-0.25, -0.2) is 9.97 Å². The summed E-state index contributed by atoms with van der Waals surface area (Å²) in [4.78, 5) is 10.8. The normalized spacial score (nSPS) is 10.3. The number of anilines is 2. The molecule has 0 spiro atoms. The summed E-state index contributed by atoms with van der Waals surface area (Å²) in [5.41, 5.74) is 5.73. The Hall–Kier alpha value is -0.970. The number of hydrogen-bond acceptors (Lipinski definition) is 5. The molecule has 1 aromatic heterocycles. The number of aromatic nitrogens is 2. The molecule has 5 heteroatoms. The molecule has 0 aliphatic carbocycles. The third-order valence-electron chi connectivity index (χ3n) is 2.09. The van der Waals surface area contributed by atoms with E-state index < -0.39 is 0 Å². The van der Waals surface area contributed by atoms with Crippen molar-refractivity contribution in [3.8, 4) is 0 Å². The number of hydrogen-bond donors (Lipinski definition) is 1. The second-order valence-corrected chi connectivity index (χ2v) is 3.99. The van der Waals surface area contributed by atoms with Gasteiger partial charge in [0.15, 0.2) is 5.16 Å². The van der Waals surface area contributed by atoms with Gasteiger partial charge in [-0.05, 0) is 19.6 Å². The highest BCUT2D eigenvalue weighted by Gasteiger charge is 2.07. The van der Waals surface area contributed by atoms with Gasteiger partial charge in [-0.3, -0.25) is 0 Å². The lowest BCUT2D eigenvalue weighted by Crippen LogP contribution is -2.24. The van der Waals surface area contributed by atoms with Crippen LogP contribution in [0.4, 0.5) is 11.6 Å². The summed E-state index contributed by atoms with van der Waals surface area (Å²) in [6, 6.07) is 1.83.